The van der Waals surface area contributed by atoms with E-state index in [1.807, 2.05) is 54.6 Å². The number of hydrogen-bond donors (Lipinski definition) is 3. The van der Waals surface area contributed by atoms with Gasteiger partial charge in [0.05, 0.1) is 30.1 Å². The second-order valence-electron chi connectivity index (χ2n) is 16.3. The number of oxazole rings is 1. The van der Waals surface area contributed by atoms with Crippen molar-refractivity contribution in [3.05, 3.63) is 23.8 Å². The van der Waals surface area contributed by atoms with E-state index in [4.69, 9.17) is 33.9 Å². The number of ketones is 2. The molecule has 306 valence electrons. The smallest absolute Gasteiger partial charge is 0.317 e. The molecular formula is C39H57IN4O11. The van der Waals surface area contributed by atoms with Crippen LogP contribution in [0.15, 0.2) is 27.8 Å². The van der Waals surface area contributed by atoms with E-state index in [-0.39, 0.29) is 56.4 Å². The van der Waals surface area contributed by atoms with E-state index in [0.717, 1.165) is 5.56 Å². The number of esters is 1. The SMILES string of the molecule is C[C@H]1C(=O)O[C@H](I)[C@@](C)(O)[C@@H]2CC/C(=N\OCc3ccc4oc(N)nc4c3)CO[C@](C)(C[C@@H](C)C(=O)[C@@H]2C)[C@H](O[C@@H]2O[C@H](C)C[C@H](N(C)C)[C@H]2O)[C@@H](C)C1=O. The van der Waals surface area contributed by atoms with Gasteiger partial charge < -0.3 is 49.0 Å². The molecule has 1 aromatic heterocycles. The minimum atomic E-state index is -1.68. The molecule has 0 aliphatic carbocycles. The fraction of sp³-hybridized carbons (Fsp3) is 0.718. The van der Waals surface area contributed by atoms with Crippen LogP contribution >= 0.6 is 22.6 Å². The summed E-state index contributed by atoms with van der Waals surface area (Å²) in [6, 6.07) is 5.10. The molecule has 13 atom stereocenters. The molecule has 16 heteroatoms. The third-order valence-corrected chi connectivity index (χ3v) is 13.2. The van der Waals surface area contributed by atoms with Crippen LogP contribution in [0.5, 0.6) is 0 Å². The molecule has 0 spiro atoms. The van der Waals surface area contributed by atoms with Crippen molar-refractivity contribution in [3.63, 3.8) is 0 Å². The molecule has 3 saturated heterocycles. The summed E-state index contributed by atoms with van der Waals surface area (Å²) < 4.78 is 29.8. The number of nitrogen functional groups attached to an aromatic ring is 1. The van der Waals surface area contributed by atoms with Crippen LogP contribution in [-0.2, 0) is 44.8 Å². The standard InChI is InChI=1S/C39H57IN4O11/c1-19-16-38(6)33(54-35-32(47)28(44(8)9)14-20(2)52-35)22(4)31(46)23(5)34(48)55-36(40)39(7,49)26(21(3)30(19)45)12-11-25(18-50-38)43-51-17-24-10-13-29-27(15-24)42-37(41)53-29/h10,13,15,19-23,26,28,32-33,35-36,47,49H,11-12,14,16-18H2,1-9H3,(H2,41,42)/b43-25+/t19-,20-,21-,22+,23-,26-,28+,32-,33-,35+,36+,38-,39+/m1/s1. The van der Waals surface area contributed by atoms with Crippen molar-refractivity contribution in [1.29, 1.82) is 0 Å². The molecule has 55 heavy (non-hydrogen) atoms. The lowest BCUT2D eigenvalue weighted by Crippen LogP contribution is -2.59. The molecule has 2 bridgehead atoms. The van der Waals surface area contributed by atoms with E-state index < -0.39 is 75.2 Å². The van der Waals surface area contributed by atoms with Crippen molar-refractivity contribution in [2.75, 3.05) is 26.4 Å². The first-order valence-corrected chi connectivity index (χ1v) is 20.2. The van der Waals surface area contributed by atoms with Crippen LogP contribution in [0.2, 0.25) is 0 Å². The maximum absolute atomic E-state index is 14.4. The summed E-state index contributed by atoms with van der Waals surface area (Å²) in [5, 5.41) is 28.1. The lowest BCUT2D eigenvalue weighted by Gasteiger charge is -2.47. The summed E-state index contributed by atoms with van der Waals surface area (Å²) in [5.41, 5.74) is 5.03. The van der Waals surface area contributed by atoms with Crippen molar-refractivity contribution in [2.45, 2.75) is 127 Å². The zero-order valence-electron chi connectivity index (χ0n) is 33.2. The van der Waals surface area contributed by atoms with Crippen molar-refractivity contribution in [1.82, 2.24) is 9.88 Å². The lowest BCUT2D eigenvalue weighted by atomic mass is 9.71. The number of oxime groups is 1. The van der Waals surface area contributed by atoms with Crippen molar-refractivity contribution >= 4 is 63.0 Å². The van der Waals surface area contributed by atoms with Gasteiger partial charge >= 0.3 is 5.97 Å². The van der Waals surface area contributed by atoms with Crippen molar-refractivity contribution in [3.8, 4) is 0 Å². The number of Topliss-reactive ketones (excluding diaryl/α,β-unsaturated/α-hetero) is 2. The highest BCUT2D eigenvalue weighted by Crippen LogP contribution is 2.42. The number of cyclic esters (lactones) is 1. The first kappa shape index (κ1) is 43.4. The van der Waals surface area contributed by atoms with Gasteiger partial charge in [0.2, 0.25) is 0 Å². The van der Waals surface area contributed by atoms with Gasteiger partial charge in [0.1, 0.15) is 35.5 Å². The number of anilines is 1. The Morgan fingerprint density at radius 1 is 1.09 bits per heavy atom. The average molecular weight is 885 g/mol. The van der Waals surface area contributed by atoms with Crippen LogP contribution in [0, 0.1) is 29.6 Å². The molecule has 5 rings (SSSR count). The number of carbonyl (C=O) groups excluding carboxylic acids is 3. The number of aromatic nitrogens is 1. The van der Waals surface area contributed by atoms with Crippen LogP contribution in [0.1, 0.15) is 79.7 Å². The molecule has 4 N–H and O–H groups in total. The highest BCUT2D eigenvalue weighted by Gasteiger charge is 2.52. The quantitative estimate of drug-likeness (QED) is 0.121. The number of carbonyl (C=O) groups is 3. The van der Waals surface area contributed by atoms with E-state index in [1.165, 1.54) is 6.92 Å². The number of rotatable bonds is 6. The molecule has 4 heterocycles. The van der Waals surface area contributed by atoms with Gasteiger partial charge in [-0.2, -0.15) is 4.98 Å². The second kappa shape index (κ2) is 17.4. The fourth-order valence-corrected chi connectivity index (χ4v) is 9.11. The van der Waals surface area contributed by atoms with Gasteiger partial charge in [-0.3, -0.25) is 14.4 Å². The van der Waals surface area contributed by atoms with Crippen molar-refractivity contribution < 1.29 is 52.8 Å². The number of nitrogens with two attached hydrogens (primary N) is 1. The number of aliphatic hydroxyl groups is 2. The molecule has 15 nitrogen and oxygen atoms in total. The number of nitrogens with zero attached hydrogens (tertiary/aromatic N) is 3. The Morgan fingerprint density at radius 2 is 1.80 bits per heavy atom. The highest BCUT2D eigenvalue weighted by molar-refractivity contribution is 14.1. The predicted molar refractivity (Wildman–Crippen MR) is 211 cm³/mol. The summed E-state index contributed by atoms with van der Waals surface area (Å²) in [6.45, 7) is 11.9. The number of hydrogen-bond acceptors (Lipinski definition) is 15. The van der Waals surface area contributed by atoms with Crippen LogP contribution in [-0.4, -0.2) is 110 Å². The number of likely N-dealkylation sites (N-methyl/N-ethyl adjacent to an activating group) is 1. The molecule has 0 saturated carbocycles. The second-order valence-corrected chi connectivity index (χ2v) is 17.5. The number of alkyl halides is 1. The van der Waals surface area contributed by atoms with Crippen LogP contribution < -0.4 is 5.73 Å². The van der Waals surface area contributed by atoms with E-state index >= 15 is 0 Å². The summed E-state index contributed by atoms with van der Waals surface area (Å²) in [6.07, 6.45) is -2.47. The number of aliphatic hydroxyl groups excluding tert-OH is 1. The minimum absolute atomic E-state index is 0.0571. The van der Waals surface area contributed by atoms with Gasteiger partial charge in [0, 0.05) is 29.7 Å². The van der Waals surface area contributed by atoms with Gasteiger partial charge in [0.25, 0.3) is 6.01 Å². The van der Waals surface area contributed by atoms with E-state index in [2.05, 4.69) is 10.1 Å². The van der Waals surface area contributed by atoms with Gasteiger partial charge in [0.15, 0.2) is 21.8 Å². The minimum Gasteiger partial charge on any atom is -0.448 e. The third-order valence-electron chi connectivity index (χ3n) is 11.7. The maximum atomic E-state index is 14.4. The summed E-state index contributed by atoms with van der Waals surface area (Å²) in [4.78, 5) is 54.2. The van der Waals surface area contributed by atoms with Crippen molar-refractivity contribution in [2.24, 2.45) is 34.7 Å². The molecule has 3 aliphatic rings. The number of fused-ring (bicyclic) bond motifs is 6. The Balaban J connectivity index is 1.59. The zero-order valence-corrected chi connectivity index (χ0v) is 35.3. The average Bonchev–Trinajstić information content (AvgIpc) is 3.50. The molecule has 0 unspecified atom stereocenters. The molecule has 0 amide bonds. The Bertz CT molecular complexity index is 1730. The lowest BCUT2D eigenvalue weighted by molar-refractivity contribution is -0.296. The summed E-state index contributed by atoms with van der Waals surface area (Å²) in [7, 11) is 3.73. The Labute approximate surface area is 336 Å². The summed E-state index contributed by atoms with van der Waals surface area (Å²) in [5.74, 6) is -5.67. The monoisotopic (exact) mass is 884 g/mol. The van der Waals surface area contributed by atoms with Gasteiger partial charge in [-0.15, -0.1) is 0 Å². The third kappa shape index (κ3) is 9.53. The van der Waals surface area contributed by atoms with Gasteiger partial charge in [-0.05, 0) is 108 Å². The number of benzene rings is 1. The molecule has 1 aromatic carbocycles. The van der Waals surface area contributed by atoms with Gasteiger partial charge in [-0.25, -0.2) is 0 Å². The van der Waals surface area contributed by atoms with E-state index in [9.17, 15) is 24.6 Å². The molecule has 3 fully saturated rings. The topological polar surface area (TPSA) is 205 Å². The molecular weight excluding hydrogens is 827 g/mol. The fourth-order valence-electron chi connectivity index (χ4n) is 8.40. The molecule has 2 aromatic rings. The highest BCUT2D eigenvalue weighted by atomic mass is 127. The Morgan fingerprint density at radius 3 is 2.49 bits per heavy atom. The predicted octanol–water partition coefficient (Wildman–Crippen LogP) is 4.42. The first-order valence-electron chi connectivity index (χ1n) is 19.0. The largest absolute Gasteiger partial charge is 0.448 e. The van der Waals surface area contributed by atoms with Crippen LogP contribution in [0.3, 0.4) is 0 Å². The number of ether oxygens (including phenoxy) is 4. The van der Waals surface area contributed by atoms with Crippen LogP contribution in [0.4, 0.5) is 6.01 Å². The first-order chi connectivity index (χ1) is 25.7. The number of halogens is 1. The van der Waals surface area contributed by atoms with Gasteiger partial charge in [-0.1, -0.05) is 32.0 Å². The normalized spacial score (nSPS) is 39.4. The van der Waals surface area contributed by atoms with E-state index in [0.29, 0.717) is 23.2 Å². The van der Waals surface area contributed by atoms with E-state index in [1.54, 1.807) is 46.8 Å². The zero-order chi connectivity index (χ0) is 40.6. The molecule has 3 aliphatic heterocycles. The maximum Gasteiger partial charge on any atom is 0.317 e. The Hall–Kier alpha value is -2.74. The Kier molecular flexibility index (Phi) is 13.7. The molecule has 0 radical (unpaired) electrons. The van der Waals surface area contributed by atoms with Crippen LogP contribution in [0.25, 0.3) is 11.1 Å². The summed E-state index contributed by atoms with van der Waals surface area (Å²) >= 11 is 1.86.